The van der Waals surface area contributed by atoms with Gasteiger partial charge >= 0.3 is 0 Å². The van der Waals surface area contributed by atoms with E-state index in [-0.39, 0.29) is 12.7 Å². The number of carbonyl (C=O) groups excluding carboxylic acids is 1. The number of anilines is 2. The monoisotopic (exact) mass is 381 g/mol. The molecule has 148 valence electrons. The highest BCUT2D eigenvalue weighted by Crippen LogP contribution is 2.19. The van der Waals surface area contributed by atoms with E-state index in [1.54, 1.807) is 13.2 Å². The van der Waals surface area contributed by atoms with E-state index >= 15 is 0 Å². The van der Waals surface area contributed by atoms with Crippen molar-refractivity contribution in [3.63, 3.8) is 0 Å². The van der Waals surface area contributed by atoms with Crippen molar-refractivity contribution in [1.82, 2.24) is 4.90 Å². The van der Waals surface area contributed by atoms with E-state index in [2.05, 4.69) is 34.3 Å². The van der Waals surface area contributed by atoms with Crippen LogP contribution in [0.5, 0.6) is 5.75 Å². The van der Waals surface area contributed by atoms with Crippen molar-refractivity contribution in [2.24, 2.45) is 0 Å². The molecule has 0 radical (unpaired) electrons. The van der Waals surface area contributed by atoms with Crippen LogP contribution in [0.25, 0.3) is 6.08 Å². The number of rotatable bonds is 7. The van der Waals surface area contributed by atoms with Crippen LogP contribution in [0.4, 0.5) is 11.4 Å². The lowest BCUT2D eigenvalue weighted by atomic mass is 10.2. The largest absolute Gasteiger partial charge is 0.468 e. The van der Waals surface area contributed by atoms with Crippen molar-refractivity contribution in [2.45, 2.75) is 0 Å². The van der Waals surface area contributed by atoms with Crippen molar-refractivity contribution in [1.29, 1.82) is 0 Å². The quantitative estimate of drug-likeness (QED) is 0.590. The molecule has 28 heavy (non-hydrogen) atoms. The zero-order chi connectivity index (χ0) is 19.8. The standard InChI is InChI=1S/C22H27N3O3/c1-24-13-15-25(16-14-24)20-8-6-19(7-9-20)23-22(26)12-5-18-3-10-21(11-4-18)28-17-27-2/h3-12H,13-17H2,1-2H3,(H,23,26)/b12-5+. The van der Waals surface area contributed by atoms with Gasteiger partial charge in [0.2, 0.25) is 5.91 Å². The van der Waals surface area contributed by atoms with Gasteiger partial charge in [0.1, 0.15) is 5.75 Å². The van der Waals surface area contributed by atoms with Gasteiger partial charge in [0.05, 0.1) is 0 Å². The molecule has 0 aromatic heterocycles. The first kappa shape index (κ1) is 19.9. The maximum atomic E-state index is 12.2. The van der Waals surface area contributed by atoms with Crippen LogP contribution in [-0.4, -0.2) is 57.9 Å². The number of hydrogen-bond donors (Lipinski definition) is 1. The minimum absolute atomic E-state index is 0.160. The summed E-state index contributed by atoms with van der Waals surface area (Å²) in [5, 5.41) is 2.89. The molecule has 0 bridgehead atoms. The number of methoxy groups -OCH3 is 1. The lowest BCUT2D eigenvalue weighted by Crippen LogP contribution is -2.44. The number of benzene rings is 2. The average molecular weight is 381 g/mol. The Balaban J connectivity index is 1.50. The van der Waals surface area contributed by atoms with Crippen molar-refractivity contribution >= 4 is 23.4 Å². The molecule has 3 rings (SSSR count). The molecule has 1 aliphatic heterocycles. The van der Waals surface area contributed by atoms with E-state index in [9.17, 15) is 4.79 Å². The number of likely N-dealkylation sites (N-methyl/N-ethyl adjacent to an activating group) is 1. The van der Waals surface area contributed by atoms with Gasteiger partial charge in [-0.25, -0.2) is 0 Å². The molecular formula is C22H27N3O3. The third kappa shape index (κ3) is 5.84. The smallest absolute Gasteiger partial charge is 0.248 e. The predicted molar refractivity (Wildman–Crippen MR) is 113 cm³/mol. The van der Waals surface area contributed by atoms with E-state index in [1.807, 2.05) is 36.4 Å². The Morgan fingerprint density at radius 2 is 1.71 bits per heavy atom. The summed E-state index contributed by atoms with van der Waals surface area (Å²) in [6, 6.07) is 15.5. The Kier molecular flexibility index (Phi) is 7.06. The van der Waals surface area contributed by atoms with Gasteiger partial charge in [-0.05, 0) is 55.1 Å². The highest BCUT2D eigenvalue weighted by atomic mass is 16.7. The van der Waals surface area contributed by atoms with Gasteiger partial charge in [-0.15, -0.1) is 0 Å². The molecule has 1 fully saturated rings. The predicted octanol–water partition coefficient (Wildman–Crippen LogP) is 3.07. The van der Waals surface area contributed by atoms with Crippen LogP contribution in [0.2, 0.25) is 0 Å². The van der Waals surface area contributed by atoms with Gasteiger partial charge < -0.3 is 24.6 Å². The molecule has 6 heteroatoms. The summed E-state index contributed by atoms with van der Waals surface area (Å²) in [6.07, 6.45) is 3.30. The van der Waals surface area contributed by atoms with E-state index in [0.29, 0.717) is 0 Å². The summed E-state index contributed by atoms with van der Waals surface area (Å²) in [6.45, 7) is 4.41. The first-order valence-corrected chi connectivity index (χ1v) is 9.38. The van der Waals surface area contributed by atoms with Crippen LogP contribution in [0.1, 0.15) is 5.56 Å². The average Bonchev–Trinajstić information content (AvgIpc) is 2.73. The molecule has 1 N–H and O–H groups in total. The SMILES string of the molecule is COCOc1ccc(/C=C/C(=O)Nc2ccc(N3CCN(C)CC3)cc2)cc1. The summed E-state index contributed by atoms with van der Waals surface area (Å²) in [7, 11) is 3.72. The summed E-state index contributed by atoms with van der Waals surface area (Å²) in [5.41, 5.74) is 2.90. The van der Waals surface area contributed by atoms with Gasteiger partial charge in [-0.1, -0.05) is 12.1 Å². The minimum Gasteiger partial charge on any atom is -0.468 e. The Hall–Kier alpha value is -2.83. The molecule has 2 aromatic rings. The number of nitrogens with one attached hydrogen (secondary N) is 1. The maximum Gasteiger partial charge on any atom is 0.248 e. The third-order valence-electron chi connectivity index (χ3n) is 4.65. The summed E-state index contributed by atoms with van der Waals surface area (Å²) in [4.78, 5) is 16.9. The summed E-state index contributed by atoms with van der Waals surface area (Å²) >= 11 is 0. The normalized spacial score (nSPS) is 15.0. The number of ether oxygens (including phenoxy) is 2. The molecule has 1 saturated heterocycles. The Labute approximate surface area is 166 Å². The molecule has 1 aliphatic rings. The van der Waals surface area contributed by atoms with Crippen molar-refractivity contribution in [2.75, 3.05) is 57.3 Å². The Morgan fingerprint density at radius 3 is 2.36 bits per heavy atom. The Bertz CT molecular complexity index is 780. The van der Waals surface area contributed by atoms with Crippen molar-refractivity contribution < 1.29 is 14.3 Å². The number of amides is 1. The summed E-state index contributed by atoms with van der Waals surface area (Å²) in [5.74, 6) is 0.566. The highest BCUT2D eigenvalue weighted by Gasteiger charge is 2.13. The summed E-state index contributed by atoms with van der Waals surface area (Å²) < 4.78 is 10.2. The molecule has 0 spiro atoms. The lowest BCUT2D eigenvalue weighted by molar-refractivity contribution is -0.111. The highest BCUT2D eigenvalue weighted by molar-refractivity contribution is 6.02. The molecule has 1 heterocycles. The molecule has 0 unspecified atom stereocenters. The van der Waals surface area contributed by atoms with E-state index in [4.69, 9.17) is 9.47 Å². The molecule has 6 nitrogen and oxygen atoms in total. The fourth-order valence-electron chi connectivity index (χ4n) is 2.98. The molecule has 1 amide bonds. The van der Waals surface area contributed by atoms with E-state index in [0.717, 1.165) is 43.2 Å². The fourth-order valence-corrected chi connectivity index (χ4v) is 2.98. The van der Waals surface area contributed by atoms with E-state index < -0.39 is 0 Å². The number of nitrogens with zero attached hydrogens (tertiary/aromatic N) is 2. The zero-order valence-corrected chi connectivity index (χ0v) is 16.4. The van der Waals surface area contributed by atoms with Crippen LogP contribution < -0.4 is 15.0 Å². The second-order valence-electron chi connectivity index (χ2n) is 6.78. The second-order valence-corrected chi connectivity index (χ2v) is 6.78. The zero-order valence-electron chi connectivity index (χ0n) is 16.4. The molecule has 0 saturated carbocycles. The third-order valence-corrected chi connectivity index (χ3v) is 4.65. The first-order chi connectivity index (χ1) is 13.6. The van der Waals surface area contributed by atoms with Crippen molar-refractivity contribution in [3.8, 4) is 5.75 Å². The van der Waals surface area contributed by atoms with Gasteiger partial charge in [-0.2, -0.15) is 0 Å². The molecule has 0 aliphatic carbocycles. The second kappa shape index (κ2) is 9.92. The van der Waals surface area contributed by atoms with Gasteiger partial charge in [0, 0.05) is 50.7 Å². The van der Waals surface area contributed by atoms with Crippen LogP contribution in [0, 0.1) is 0 Å². The van der Waals surface area contributed by atoms with Crippen molar-refractivity contribution in [3.05, 3.63) is 60.2 Å². The minimum atomic E-state index is -0.160. The van der Waals surface area contributed by atoms with Crippen LogP contribution >= 0.6 is 0 Å². The number of hydrogen-bond acceptors (Lipinski definition) is 5. The number of carbonyl (C=O) groups is 1. The van der Waals surface area contributed by atoms with Crippen LogP contribution in [0.3, 0.4) is 0 Å². The molecule has 0 atom stereocenters. The Morgan fingerprint density at radius 1 is 1.04 bits per heavy atom. The van der Waals surface area contributed by atoms with Gasteiger partial charge in [-0.3, -0.25) is 4.79 Å². The van der Waals surface area contributed by atoms with Crippen LogP contribution in [0.15, 0.2) is 54.6 Å². The van der Waals surface area contributed by atoms with E-state index in [1.165, 1.54) is 11.8 Å². The first-order valence-electron chi connectivity index (χ1n) is 9.38. The lowest BCUT2D eigenvalue weighted by Gasteiger charge is -2.34. The fraction of sp³-hybridized carbons (Fsp3) is 0.318. The van der Waals surface area contributed by atoms with Crippen LogP contribution in [-0.2, 0) is 9.53 Å². The maximum absolute atomic E-state index is 12.2. The van der Waals surface area contributed by atoms with Gasteiger partial charge in [0.25, 0.3) is 0 Å². The molecule has 2 aromatic carbocycles. The topological polar surface area (TPSA) is 54.0 Å². The molecular weight excluding hydrogens is 354 g/mol. The number of piperazine rings is 1. The van der Waals surface area contributed by atoms with Gasteiger partial charge in [0.15, 0.2) is 6.79 Å².